The van der Waals surface area contributed by atoms with E-state index in [1.165, 1.54) is 38.5 Å². The molecule has 11 nitrogen and oxygen atoms in total. The summed E-state index contributed by atoms with van der Waals surface area (Å²) in [6.07, 6.45) is -0.935. The number of ether oxygens (including phenoxy) is 3. The summed E-state index contributed by atoms with van der Waals surface area (Å²) >= 11 is 9.79. The summed E-state index contributed by atoms with van der Waals surface area (Å²) in [6, 6.07) is 12.8. The van der Waals surface area contributed by atoms with Crippen molar-refractivity contribution < 1.29 is 38.1 Å². The monoisotopic (exact) mass is 788 g/mol. The Hall–Kier alpha value is -4.20. The van der Waals surface area contributed by atoms with Crippen molar-refractivity contribution in [3.8, 4) is 11.5 Å². The Bertz CT molecular complexity index is 1840. The van der Waals surface area contributed by atoms with Gasteiger partial charge >= 0.3 is 6.09 Å². The van der Waals surface area contributed by atoms with E-state index in [0.717, 1.165) is 4.90 Å². The molecule has 1 saturated heterocycles. The van der Waals surface area contributed by atoms with Crippen LogP contribution in [0.25, 0.3) is 0 Å². The Morgan fingerprint density at radius 1 is 1.06 bits per heavy atom. The van der Waals surface area contributed by atoms with Crippen molar-refractivity contribution in [3.63, 3.8) is 0 Å². The van der Waals surface area contributed by atoms with Crippen molar-refractivity contribution in [2.75, 3.05) is 20.8 Å². The van der Waals surface area contributed by atoms with Crippen LogP contribution in [0.2, 0.25) is 5.02 Å². The van der Waals surface area contributed by atoms with Crippen LogP contribution in [0.5, 0.6) is 11.5 Å². The van der Waals surface area contributed by atoms with Gasteiger partial charge in [0.1, 0.15) is 28.5 Å². The van der Waals surface area contributed by atoms with Gasteiger partial charge in [-0.25, -0.2) is 9.18 Å². The number of methoxy groups -OCH3 is 2. The zero-order valence-corrected chi connectivity index (χ0v) is 32.2. The van der Waals surface area contributed by atoms with E-state index in [0.29, 0.717) is 27.1 Å². The van der Waals surface area contributed by atoms with Crippen LogP contribution in [0, 0.1) is 11.2 Å². The van der Waals surface area contributed by atoms with Crippen LogP contribution in [-0.4, -0.2) is 60.3 Å². The van der Waals surface area contributed by atoms with Gasteiger partial charge in [0.15, 0.2) is 0 Å². The molecule has 0 spiro atoms. The summed E-state index contributed by atoms with van der Waals surface area (Å²) in [7, 11) is 3.04. The molecule has 4 rings (SSSR count). The third-order valence-electron chi connectivity index (χ3n) is 7.95. The number of aliphatic hydroxyl groups is 1. The maximum absolute atomic E-state index is 15.8. The molecule has 0 bridgehead atoms. The maximum atomic E-state index is 15.8. The number of rotatable bonds is 10. The van der Waals surface area contributed by atoms with Gasteiger partial charge in [-0.2, -0.15) is 0 Å². The van der Waals surface area contributed by atoms with Crippen LogP contribution in [0.3, 0.4) is 0 Å². The molecule has 51 heavy (non-hydrogen) atoms. The number of hydrogen-bond donors (Lipinski definition) is 3. The molecular formula is C37H43BrClFN4O7. The first kappa shape index (κ1) is 39.6. The van der Waals surface area contributed by atoms with Gasteiger partial charge in [-0.1, -0.05) is 60.4 Å². The molecule has 0 saturated carbocycles. The van der Waals surface area contributed by atoms with Crippen molar-refractivity contribution >= 4 is 51.4 Å². The largest absolute Gasteiger partial charge is 0.497 e. The summed E-state index contributed by atoms with van der Waals surface area (Å²) in [4.78, 5) is 46.7. The molecule has 2 atom stereocenters. The molecule has 1 aliphatic heterocycles. The smallest absolute Gasteiger partial charge is 0.437 e. The molecule has 1 aliphatic rings. The molecular weight excluding hydrogens is 747 g/mol. The van der Waals surface area contributed by atoms with Crippen molar-refractivity contribution in [3.05, 3.63) is 92.2 Å². The third-order valence-corrected chi connectivity index (χ3v) is 8.78. The fourth-order valence-electron chi connectivity index (χ4n) is 5.91. The average molecular weight is 790 g/mol. The lowest BCUT2D eigenvalue weighted by Gasteiger charge is -2.35. The SMILES string of the molecule is COc1ccc(CNC(=O)c2cc([C@@H](CO)N3C(=O)[C@@](CC(C)(C)C)(c4ccc(Br)cc4F)NC3=NC(=O)OC(C)(C)C)ccc2Cl)c(OC)c1. The minimum absolute atomic E-state index is 0.0202. The summed E-state index contributed by atoms with van der Waals surface area (Å²) in [5.74, 6) is -1.05. The van der Waals surface area contributed by atoms with Crippen molar-refractivity contribution in [1.29, 1.82) is 0 Å². The number of carbonyl (C=O) groups is 3. The molecule has 3 aromatic rings. The van der Waals surface area contributed by atoms with E-state index >= 15 is 4.39 Å². The molecule has 1 heterocycles. The molecule has 3 aromatic carbocycles. The highest BCUT2D eigenvalue weighted by molar-refractivity contribution is 9.10. The molecule has 0 aromatic heterocycles. The summed E-state index contributed by atoms with van der Waals surface area (Å²) in [5, 5.41) is 16.9. The molecule has 1 fully saturated rings. The van der Waals surface area contributed by atoms with Gasteiger partial charge in [-0.3, -0.25) is 14.5 Å². The van der Waals surface area contributed by atoms with Gasteiger partial charge in [0.05, 0.1) is 37.5 Å². The number of halogens is 3. The Morgan fingerprint density at radius 3 is 2.35 bits per heavy atom. The number of hydrogen-bond acceptors (Lipinski definition) is 7. The van der Waals surface area contributed by atoms with E-state index in [4.69, 9.17) is 25.8 Å². The van der Waals surface area contributed by atoms with Gasteiger partial charge < -0.3 is 30.0 Å². The van der Waals surface area contributed by atoms with Crippen LogP contribution in [0.1, 0.15) is 81.1 Å². The Morgan fingerprint density at radius 2 is 1.76 bits per heavy atom. The number of nitrogens with zero attached hydrogens (tertiary/aromatic N) is 2. The molecule has 14 heteroatoms. The van der Waals surface area contributed by atoms with E-state index in [1.807, 2.05) is 20.8 Å². The lowest BCUT2D eigenvalue weighted by atomic mass is 9.75. The summed E-state index contributed by atoms with van der Waals surface area (Å²) < 4.78 is 32.4. The molecule has 0 radical (unpaired) electrons. The van der Waals surface area contributed by atoms with E-state index in [9.17, 15) is 19.5 Å². The normalized spacial score (nSPS) is 17.6. The first-order chi connectivity index (χ1) is 23.8. The lowest BCUT2D eigenvalue weighted by Crippen LogP contribution is -2.48. The quantitative estimate of drug-likeness (QED) is 0.195. The third kappa shape index (κ3) is 9.19. The number of aliphatic imine (C=N–C) groups is 1. The van der Waals surface area contributed by atoms with E-state index in [1.54, 1.807) is 51.1 Å². The fourth-order valence-corrected chi connectivity index (χ4v) is 6.44. The van der Waals surface area contributed by atoms with E-state index in [2.05, 4.69) is 31.6 Å². The predicted molar refractivity (Wildman–Crippen MR) is 195 cm³/mol. The summed E-state index contributed by atoms with van der Waals surface area (Å²) in [5.41, 5.74) is -2.16. The number of aliphatic hydroxyl groups excluding tert-OH is 1. The van der Waals surface area contributed by atoms with Gasteiger partial charge in [-0.05, 0) is 74.6 Å². The molecule has 3 N–H and O–H groups in total. The number of carbonyl (C=O) groups excluding carboxylic acids is 3. The minimum Gasteiger partial charge on any atom is -0.497 e. The molecule has 274 valence electrons. The first-order valence-electron chi connectivity index (χ1n) is 16.1. The number of guanidine groups is 1. The Labute approximate surface area is 310 Å². The number of benzene rings is 3. The predicted octanol–water partition coefficient (Wildman–Crippen LogP) is 7.28. The molecule has 3 amide bonds. The lowest BCUT2D eigenvalue weighted by molar-refractivity contribution is -0.135. The van der Waals surface area contributed by atoms with Crippen LogP contribution < -0.4 is 20.1 Å². The topological polar surface area (TPSA) is 139 Å². The maximum Gasteiger partial charge on any atom is 0.437 e. The first-order valence-corrected chi connectivity index (χ1v) is 17.3. The van der Waals surface area contributed by atoms with Crippen LogP contribution in [-0.2, 0) is 21.6 Å². The van der Waals surface area contributed by atoms with Gasteiger partial charge in [0.25, 0.3) is 11.8 Å². The standard InChI is InChI=1S/C37H43BrClFN4O7/c1-35(2,3)20-37(26-13-11-23(38)16-28(26)40)32(47)44(33(43-37)42-34(48)51-36(4,5)6)29(19-45)21-10-14-27(39)25(15-21)31(46)41-18-22-9-12-24(49-7)17-30(22)50-8/h9-17,29,45H,18-20H2,1-8H3,(H,41,46)(H,42,43,48)/t29-,37-/m1/s1. The zero-order chi connectivity index (χ0) is 37.9. The van der Waals surface area contributed by atoms with Crippen LogP contribution in [0.4, 0.5) is 9.18 Å². The second-order valence-electron chi connectivity index (χ2n) is 14.3. The highest BCUT2D eigenvalue weighted by Crippen LogP contribution is 2.43. The highest BCUT2D eigenvalue weighted by atomic mass is 79.9. The molecule has 0 aliphatic carbocycles. The van der Waals surface area contributed by atoms with Gasteiger partial charge in [0.2, 0.25) is 5.96 Å². The van der Waals surface area contributed by atoms with Gasteiger partial charge in [0, 0.05) is 28.2 Å². The fraction of sp³-hybridized carbons (Fsp3) is 0.405. The molecule has 0 unspecified atom stereocenters. The van der Waals surface area contributed by atoms with Crippen LogP contribution in [0.15, 0.2) is 64.1 Å². The van der Waals surface area contributed by atoms with Crippen molar-refractivity contribution in [1.82, 2.24) is 15.5 Å². The minimum atomic E-state index is -1.75. The Kier molecular flexibility index (Phi) is 12.1. The van der Waals surface area contributed by atoms with Gasteiger partial charge in [-0.15, -0.1) is 4.99 Å². The van der Waals surface area contributed by atoms with Crippen molar-refractivity contribution in [2.24, 2.45) is 10.4 Å². The average Bonchev–Trinajstić information content (AvgIpc) is 3.28. The summed E-state index contributed by atoms with van der Waals surface area (Å²) in [6.45, 7) is 10.1. The number of amides is 3. The zero-order valence-electron chi connectivity index (χ0n) is 29.8. The second-order valence-corrected chi connectivity index (χ2v) is 15.6. The second kappa shape index (κ2) is 15.6. The van der Waals surface area contributed by atoms with Crippen LogP contribution >= 0.6 is 27.5 Å². The van der Waals surface area contributed by atoms with E-state index in [-0.39, 0.29) is 35.1 Å². The van der Waals surface area contributed by atoms with Crippen molar-refractivity contribution in [2.45, 2.75) is 71.7 Å². The highest BCUT2D eigenvalue weighted by Gasteiger charge is 2.56. The van der Waals surface area contributed by atoms with E-state index < -0.39 is 52.9 Å². The Balaban J connectivity index is 1.80. The number of nitrogens with one attached hydrogen (secondary N) is 2.